The van der Waals surface area contributed by atoms with Gasteiger partial charge in [-0.15, -0.1) is 0 Å². The van der Waals surface area contributed by atoms with Crippen molar-refractivity contribution < 1.29 is 4.42 Å². The quantitative estimate of drug-likeness (QED) is 0.205. The van der Waals surface area contributed by atoms with E-state index in [4.69, 9.17) is 9.40 Å². The summed E-state index contributed by atoms with van der Waals surface area (Å²) in [6, 6.07) is 37.8. The zero-order valence-corrected chi connectivity index (χ0v) is 22.9. The largest absolute Gasteiger partial charge is 0.438 e. The minimum atomic E-state index is 0.622. The molecule has 0 aliphatic carbocycles. The van der Waals surface area contributed by atoms with Gasteiger partial charge >= 0.3 is 0 Å². The molecule has 5 nitrogen and oxygen atoms in total. The second-order valence-corrected chi connectivity index (χ2v) is 10.7. The van der Waals surface area contributed by atoms with E-state index in [0.29, 0.717) is 5.71 Å². The molecule has 0 radical (unpaired) electrons. The van der Waals surface area contributed by atoms with Crippen LogP contribution in [-0.2, 0) is 0 Å². The van der Waals surface area contributed by atoms with Crippen molar-refractivity contribution in [1.82, 2.24) is 19.9 Å². The first kappa shape index (κ1) is 23.7. The molecule has 0 aliphatic heterocycles. The first-order valence-corrected chi connectivity index (χ1v) is 14.2. The van der Waals surface area contributed by atoms with Crippen LogP contribution >= 0.6 is 0 Å². The van der Waals surface area contributed by atoms with E-state index >= 15 is 0 Å². The summed E-state index contributed by atoms with van der Waals surface area (Å²) in [5.74, 6) is 0. The number of fused-ring (bicyclic) bond motifs is 7. The molecule has 0 N–H and O–H groups in total. The summed E-state index contributed by atoms with van der Waals surface area (Å²) < 4.78 is 6.20. The van der Waals surface area contributed by atoms with Gasteiger partial charge in [0.2, 0.25) is 5.71 Å². The summed E-state index contributed by atoms with van der Waals surface area (Å²) in [6.45, 7) is 0. The van der Waals surface area contributed by atoms with Gasteiger partial charge in [0.1, 0.15) is 5.58 Å². The van der Waals surface area contributed by atoms with Crippen LogP contribution in [0.2, 0.25) is 0 Å². The Balaban J connectivity index is 1.35. The van der Waals surface area contributed by atoms with Gasteiger partial charge in [-0.2, -0.15) is 0 Å². The molecule has 200 valence electrons. The molecule has 5 aromatic heterocycles. The van der Waals surface area contributed by atoms with E-state index in [-0.39, 0.29) is 0 Å². The molecule has 9 aromatic rings. The number of hydrogen-bond acceptors (Lipinski definition) is 5. The van der Waals surface area contributed by atoms with E-state index in [1.165, 1.54) is 5.56 Å². The Labute approximate surface area is 246 Å². The van der Waals surface area contributed by atoms with Crippen molar-refractivity contribution >= 4 is 54.4 Å². The molecule has 0 saturated carbocycles. The van der Waals surface area contributed by atoms with Gasteiger partial charge in [0.25, 0.3) is 0 Å². The van der Waals surface area contributed by atoms with Crippen LogP contribution in [0.4, 0.5) is 0 Å². The maximum absolute atomic E-state index is 6.20. The molecular weight excluding hydrogens is 528 g/mol. The lowest BCUT2D eigenvalue weighted by Crippen LogP contribution is -1.94. The molecule has 4 aromatic carbocycles. The van der Waals surface area contributed by atoms with E-state index in [0.717, 1.165) is 76.9 Å². The summed E-state index contributed by atoms with van der Waals surface area (Å²) in [5.41, 5.74) is 7.46. The lowest BCUT2D eigenvalue weighted by atomic mass is 9.87. The minimum absolute atomic E-state index is 0.622. The number of aromatic nitrogens is 4. The second-order valence-electron chi connectivity index (χ2n) is 10.7. The maximum atomic E-state index is 6.20. The molecule has 0 spiro atoms. The van der Waals surface area contributed by atoms with Crippen molar-refractivity contribution in [2.75, 3.05) is 0 Å². The van der Waals surface area contributed by atoms with Gasteiger partial charge in [-0.3, -0.25) is 9.97 Å². The standard InChI is InChI=1S/C38H22N4O/c1-3-10-27-25(8-1)35(23-15-16-34-29(20-23)37-30-22-39-19-17-24(30)21-41-38(37)43-34)26-9-2-4-11-28(26)36(27)33-14-7-13-32(42-33)31-12-5-6-18-40-31/h1-22H. The number of hydrogen-bond donors (Lipinski definition) is 0. The highest BCUT2D eigenvalue weighted by Gasteiger charge is 2.19. The van der Waals surface area contributed by atoms with Gasteiger partial charge in [-0.1, -0.05) is 66.7 Å². The molecule has 43 heavy (non-hydrogen) atoms. The van der Waals surface area contributed by atoms with E-state index in [9.17, 15) is 0 Å². The van der Waals surface area contributed by atoms with Crippen molar-refractivity contribution in [3.63, 3.8) is 0 Å². The average Bonchev–Trinajstić information content (AvgIpc) is 3.46. The van der Waals surface area contributed by atoms with Crippen LogP contribution in [0, 0.1) is 0 Å². The number of nitrogens with zero attached hydrogens (tertiary/aromatic N) is 4. The molecule has 0 atom stereocenters. The highest BCUT2D eigenvalue weighted by atomic mass is 16.3. The minimum Gasteiger partial charge on any atom is -0.438 e. The Morgan fingerprint density at radius 3 is 1.98 bits per heavy atom. The lowest BCUT2D eigenvalue weighted by Gasteiger charge is -2.17. The van der Waals surface area contributed by atoms with Crippen LogP contribution in [0.25, 0.3) is 88.2 Å². The lowest BCUT2D eigenvalue weighted by molar-refractivity contribution is 0.654. The van der Waals surface area contributed by atoms with Crippen LogP contribution in [0.1, 0.15) is 0 Å². The topological polar surface area (TPSA) is 64.7 Å². The van der Waals surface area contributed by atoms with Crippen LogP contribution in [0.5, 0.6) is 0 Å². The third kappa shape index (κ3) is 3.65. The van der Waals surface area contributed by atoms with Crippen molar-refractivity contribution in [2.45, 2.75) is 0 Å². The van der Waals surface area contributed by atoms with Crippen LogP contribution in [0.15, 0.2) is 138 Å². The summed E-state index contributed by atoms with van der Waals surface area (Å²) in [6.07, 6.45) is 7.34. The monoisotopic (exact) mass is 550 g/mol. The fraction of sp³-hybridized carbons (Fsp3) is 0. The van der Waals surface area contributed by atoms with Crippen molar-refractivity contribution in [3.8, 4) is 33.8 Å². The molecule has 0 saturated heterocycles. The summed E-state index contributed by atoms with van der Waals surface area (Å²) >= 11 is 0. The van der Waals surface area contributed by atoms with E-state index < -0.39 is 0 Å². The molecule has 5 heteroatoms. The fourth-order valence-electron chi connectivity index (χ4n) is 6.39. The normalized spacial score (nSPS) is 11.7. The van der Waals surface area contributed by atoms with Crippen LogP contribution < -0.4 is 0 Å². The zero-order chi connectivity index (χ0) is 28.3. The highest BCUT2D eigenvalue weighted by Crippen LogP contribution is 2.44. The highest BCUT2D eigenvalue weighted by molar-refractivity contribution is 6.23. The van der Waals surface area contributed by atoms with Gasteiger partial charge < -0.3 is 4.42 Å². The number of rotatable bonds is 3. The SMILES string of the molecule is c1ccc(-c2cccc(-c3c4ccccc4c(-c4ccc5oc6ncc7ccncc7c6c5c4)c4ccccc34)n2)nc1. The Morgan fingerprint density at radius 2 is 1.21 bits per heavy atom. The van der Waals surface area contributed by atoms with Crippen LogP contribution in [0.3, 0.4) is 0 Å². The van der Waals surface area contributed by atoms with Crippen molar-refractivity contribution in [1.29, 1.82) is 0 Å². The first-order chi connectivity index (χ1) is 21.3. The third-order valence-corrected chi connectivity index (χ3v) is 8.27. The van der Waals surface area contributed by atoms with Gasteiger partial charge in [0, 0.05) is 46.5 Å². The van der Waals surface area contributed by atoms with Gasteiger partial charge in [0.05, 0.1) is 22.5 Å². The third-order valence-electron chi connectivity index (χ3n) is 8.27. The first-order valence-electron chi connectivity index (χ1n) is 14.2. The maximum Gasteiger partial charge on any atom is 0.227 e. The van der Waals surface area contributed by atoms with E-state index in [2.05, 4.69) is 93.8 Å². The molecule has 5 heterocycles. The van der Waals surface area contributed by atoms with Gasteiger partial charge in [-0.25, -0.2) is 9.97 Å². The summed E-state index contributed by atoms with van der Waals surface area (Å²) in [7, 11) is 0. The smallest absolute Gasteiger partial charge is 0.227 e. The Morgan fingerprint density at radius 1 is 0.488 bits per heavy atom. The molecule has 0 amide bonds. The van der Waals surface area contributed by atoms with Crippen molar-refractivity contribution in [2.24, 2.45) is 0 Å². The average molecular weight is 551 g/mol. The second kappa shape index (κ2) is 9.29. The molecular formula is C38H22N4O. The summed E-state index contributed by atoms with van der Waals surface area (Å²) in [4.78, 5) is 18.7. The molecule has 0 unspecified atom stereocenters. The fourth-order valence-corrected chi connectivity index (χ4v) is 6.39. The van der Waals surface area contributed by atoms with Crippen molar-refractivity contribution in [3.05, 3.63) is 134 Å². The van der Waals surface area contributed by atoms with E-state index in [1.807, 2.05) is 42.7 Å². The Kier molecular flexibility index (Phi) is 5.13. The molecule has 0 aliphatic rings. The predicted octanol–water partition coefficient (Wildman–Crippen LogP) is 9.63. The van der Waals surface area contributed by atoms with E-state index in [1.54, 1.807) is 12.4 Å². The Hall–Kier alpha value is -5.94. The predicted molar refractivity (Wildman–Crippen MR) is 174 cm³/mol. The molecule has 0 bridgehead atoms. The molecule has 9 rings (SSSR count). The Bertz CT molecular complexity index is 2460. The molecule has 0 fully saturated rings. The zero-order valence-electron chi connectivity index (χ0n) is 22.9. The summed E-state index contributed by atoms with van der Waals surface area (Å²) in [5, 5.41) is 8.72. The number of furan rings is 1. The number of benzene rings is 4. The number of pyridine rings is 4. The van der Waals surface area contributed by atoms with Crippen LogP contribution in [-0.4, -0.2) is 19.9 Å². The van der Waals surface area contributed by atoms with Gasteiger partial charge in [-0.05, 0) is 75.1 Å². The van der Waals surface area contributed by atoms with Gasteiger partial charge in [0.15, 0.2) is 0 Å².